The third-order valence-electron chi connectivity index (χ3n) is 2.74. The average Bonchev–Trinajstić information content (AvgIpc) is 3.16. The van der Waals surface area contributed by atoms with Crippen molar-refractivity contribution in [2.24, 2.45) is 0 Å². The summed E-state index contributed by atoms with van der Waals surface area (Å²) in [5.74, 6) is 1.95. The Kier molecular flexibility index (Phi) is 4.20. The molecule has 3 rings (SSSR count). The number of aryl methyl sites for hydroxylation is 1. The molecule has 0 unspecified atom stereocenters. The standard InChI is InChI=1S/C14H14N4O2S/c1-10-2-4-12(5-3-10)19-8-13-17-18-14(20-13)21-9-11-6-7-15-16-11/h2-7H,8-9H2,1H3,(H,15,16). The zero-order chi connectivity index (χ0) is 14.5. The van der Waals surface area contributed by atoms with Crippen molar-refractivity contribution in [3.05, 3.63) is 53.7 Å². The highest BCUT2D eigenvalue weighted by Gasteiger charge is 2.08. The van der Waals surface area contributed by atoms with Crippen LogP contribution in [-0.2, 0) is 12.4 Å². The second-order valence-corrected chi connectivity index (χ2v) is 5.36. The van der Waals surface area contributed by atoms with E-state index in [0.717, 1.165) is 11.4 Å². The summed E-state index contributed by atoms with van der Waals surface area (Å²) in [7, 11) is 0. The van der Waals surface area contributed by atoms with Crippen LogP contribution in [0.5, 0.6) is 5.75 Å². The number of aromatic amines is 1. The summed E-state index contributed by atoms with van der Waals surface area (Å²) in [6.07, 6.45) is 1.71. The third-order valence-corrected chi connectivity index (χ3v) is 3.61. The minimum Gasteiger partial charge on any atom is -0.484 e. The Morgan fingerprint density at radius 3 is 2.81 bits per heavy atom. The van der Waals surface area contributed by atoms with Gasteiger partial charge < -0.3 is 9.15 Å². The molecule has 0 spiro atoms. The number of aromatic nitrogens is 4. The number of hydrogen-bond acceptors (Lipinski definition) is 6. The van der Waals surface area contributed by atoms with E-state index in [1.807, 2.05) is 37.3 Å². The Balaban J connectivity index is 1.51. The number of thioether (sulfide) groups is 1. The fraction of sp³-hybridized carbons (Fsp3) is 0.214. The lowest BCUT2D eigenvalue weighted by atomic mass is 10.2. The van der Waals surface area contributed by atoms with Crippen LogP contribution < -0.4 is 4.74 Å². The average molecular weight is 302 g/mol. The van der Waals surface area contributed by atoms with Crippen LogP contribution in [0, 0.1) is 6.92 Å². The second-order valence-electron chi connectivity index (χ2n) is 4.43. The first-order valence-corrected chi connectivity index (χ1v) is 7.41. The summed E-state index contributed by atoms with van der Waals surface area (Å²) < 4.78 is 11.1. The van der Waals surface area contributed by atoms with Gasteiger partial charge in [-0.25, -0.2) is 0 Å². The van der Waals surface area contributed by atoms with Crippen LogP contribution in [0.1, 0.15) is 17.1 Å². The van der Waals surface area contributed by atoms with E-state index in [4.69, 9.17) is 9.15 Å². The molecule has 0 saturated carbocycles. The largest absolute Gasteiger partial charge is 0.484 e. The lowest BCUT2D eigenvalue weighted by molar-refractivity contribution is 0.252. The van der Waals surface area contributed by atoms with Gasteiger partial charge in [0.05, 0.1) is 0 Å². The predicted octanol–water partition coefficient (Wildman–Crippen LogP) is 2.97. The molecule has 7 heteroatoms. The Hall–Kier alpha value is -2.28. The zero-order valence-electron chi connectivity index (χ0n) is 11.4. The number of nitrogens with zero attached hydrogens (tertiary/aromatic N) is 3. The van der Waals surface area contributed by atoms with Gasteiger partial charge in [0.25, 0.3) is 11.1 Å². The van der Waals surface area contributed by atoms with Gasteiger partial charge in [0, 0.05) is 17.6 Å². The molecule has 6 nitrogen and oxygen atoms in total. The van der Waals surface area contributed by atoms with Crippen molar-refractivity contribution in [1.82, 2.24) is 20.4 Å². The van der Waals surface area contributed by atoms with E-state index in [-0.39, 0.29) is 6.61 Å². The highest BCUT2D eigenvalue weighted by Crippen LogP contribution is 2.21. The molecule has 1 N–H and O–H groups in total. The van der Waals surface area contributed by atoms with E-state index in [9.17, 15) is 0 Å². The van der Waals surface area contributed by atoms with E-state index >= 15 is 0 Å². The number of nitrogens with one attached hydrogen (secondary N) is 1. The normalized spacial score (nSPS) is 10.7. The summed E-state index contributed by atoms with van der Waals surface area (Å²) >= 11 is 1.46. The summed E-state index contributed by atoms with van der Waals surface area (Å²) in [5, 5.41) is 15.2. The topological polar surface area (TPSA) is 76.8 Å². The highest BCUT2D eigenvalue weighted by atomic mass is 32.2. The van der Waals surface area contributed by atoms with Crippen LogP contribution in [0.2, 0.25) is 0 Å². The highest BCUT2D eigenvalue weighted by molar-refractivity contribution is 7.98. The van der Waals surface area contributed by atoms with Gasteiger partial charge in [-0.05, 0) is 25.1 Å². The summed E-state index contributed by atoms with van der Waals surface area (Å²) in [5.41, 5.74) is 2.20. The fourth-order valence-electron chi connectivity index (χ4n) is 1.64. The minimum atomic E-state index is 0.265. The summed E-state index contributed by atoms with van der Waals surface area (Å²) in [6, 6.07) is 9.73. The SMILES string of the molecule is Cc1ccc(OCc2nnc(SCc3ccn[nH]3)o2)cc1. The molecule has 2 heterocycles. The van der Waals surface area contributed by atoms with Crippen LogP contribution in [0.3, 0.4) is 0 Å². The molecule has 21 heavy (non-hydrogen) atoms. The molecule has 108 valence electrons. The maximum atomic E-state index is 5.59. The van der Waals surface area contributed by atoms with Gasteiger partial charge in [-0.2, -0.15) is 5.10 Å². The Labute approximate surface area is 125 Å². The first kappa shape index (κ1) is 13.7. The maximum absolute atomic E-state index is 5.59. The van der Waals surface area contributed by atoms with Crippen molar-refractivity contribution in [2.45, 2.75) is 24.5 Å². The molecule has 0 fully saturated rings. The van der Waals surface area contributed by atoms with Gasteiger partial charge in [0.15, 0.2) is 6.61 Å². The molecule has 0 bridgehead atoms. The summed E-state index contributed by atoms with van der Waals surface area (Å²) in [4.78, 5) is 0. The lowest BCUT2D eigenvalue weighted by Gasteiger charge is -2.02. The van der Waals surface area contributed by atoms with Crippen LogP contribution in [0.25, 0.3) is 0 Å². The maximum Gasteiger partial charge on any atom is 0.277 e. The zero-order valence-corrected chi connectivity index (χ0v) is 12.3. The van der Waals surface area contributed by atoms with Crippen LogP contribution in [0.15, 0.2) is 46.2 Å². The molecule has 0 aliphatic rings. The van der Waals surface area contributed by atoms with E-state index < -0.39 is 0 Å². The van der Waals surface area contributed by atoms with Crippen LogP contribution >= 0.6 is 11.8 Å². The number of rotatable bonds is 6. The van der Waals surface area contributed by atoms with Gasteiger partial charge in [-0.15, -0.1) is 10.2 Å². The van der Waals surface area contributed by atoms with Crippen LogP contribution in [0.4, 0.5) is 0 Å². The Morgan fingerprint density at radius 1 is 1.19 bits per heavy atom. The molecule has 3 aromatic rings. The van der Waals surface area contributed by atoms with Gasteiger partial charge in [0.1, 0.15) is 5.75 Å². The smallest absolute Gasteiger partial charge is 0.277 e. The first-order chi connectivity index (χ1) is 10.3. The van der Waals surface area contributed by atoms with E-state index in [1.165, 1.54) is 17.3 Å². The summed E-state index contributed by atoms with van der Waals surface area (Å²) in [6.45, 7) is 2.30. The first-order valence-electron chi connectivity index (χ1n) is 6.42. The number of H-pyrrole nitrogens is 1. The second kappa shape index (κ2) is 6.45. The lowest BCUT2D eigenvalue weighted by Crippen LogP contribution is -1.95. The number of benzene rings is 1. The number of hydrogen-bond donors (Lipinski definition) is 1. The molecule has 0 aliphatic carbocycles. The van der Waals surface area contributed by atoms with Gasteiger partial charge in [-0.3, -0.25) is 5.10 Å². The molecular formula is C14H14N4O2S. The Bertz CT molecular complexity index is 679. The van der Waals surface area contributed by atoms with Crippen molar-refractivity contribution in [3.63, 3.8) is 0 Å². The minimum absolute atomic E-state index is 0.265. The van der Waals surface area contributed by atoms with Gasteiger partial charge in [0.2, 0.25) is 0 Å². The van der Waals surface area contributed by atoms with Crippen molar-refractivity contribution in [3.8, 4) is 5.75 Å². The van der Waals surface area contributed by atoms with Crippen molar-refractivity contribution in [1.29, 1.82) is 0 Å². The molecule has 0 saturated heterocycles. The quantitative estimate of drug-likeness (QED) is 0.705. The molecular weight excluding hydrogens is 288 g/mol. The number of ether oxygens (including phenoxy) is 1. The van der Waals surface area contributed by atoms with Gasteiger partial charge >= 0.3 is 0 Å². The van der Waals surface area contributed by atoms with E-state index in [0.29, 0.717) is 16.9 Å². The molecule has 0 atom stereocenters. The van der Waals surface area contributed by atoms with Gasteiger partial charge in [-0.1, -0.05) is 29.5 Å². The van der Waals surface area contributed by atoms with Crippen molar-refractivity contribution < 1.29 is 9.15 Å². The monoisotopic (exact) mass is 302 g/mol. The Morgan fingerprint density at radius 2 is 2.05 bits per heavy atom. The third kappa shape index (κ3) is 3.85. The van der Waals surface area contributed by atoms with Crippen molar-refractivity contribution in [2.75, 3.05) is 0 Å². The predicted molar refractivity (Wildman–Crippen MR) is 78.0 cm³/mol. The molecule has 2 aromatic heterocycles. The molecule has 0 radical (unpaired) electrons. The molecule has 0 aliphatic heterocycles. The van der Waals surface area contributed by atoms with Crippen LogP contribution in [-0.4, -0.2) is 20.4 Å². The van der Waals surface area contributed by atoms with E-state index in [1.54, 1.807) is 6.20 Å². The molecule has 0 amide bonds. The fourth-order valence-corrected chi connectivity index (χ4v) is 2.33. The van der Waals surface area contributed by atoms with E-state index in [2.05, 4.69) is 20.4 Å². The van der Waals surface area contributed by atoms with Crippen molar-refractivity contribution >= 4 is 11.8 Å². The molecule has 1 aromatic carbocycles.